The van der Waals surface area contributed by atoms with Crippen molar-refractivity contribution in [3.8, 4) is 0 Å². The standard InChI is InChI=1S/C17H32N2O3/c1-13(17(2,3)4)10-16(21)18-14-6-8-19(9-7-14)11-15(20)12-22-5/h10,14-15,20H,6-9,11-12H2,1-5H3,(H,18,21)/b13-10-. The van der Waals surface area contributed by atoms with E-state index in [-0.39, 0.29) is 17.4 Å². The SMILES string of the molecule is COCC(O)CN1CCC(NC(=O)/C=C(/C)C(C)(C)C)CC1. The molecule has 1 saturated heterocycles. The van der Waals surface area contributed by atoms with Crippen LogP contribution in [0.5, 0.6) is 0 Å². The molecule has 0 aromatic carbocycles. The highest BCUT2D eigenvalue weighted by molar-refractivity contribution is 5.88. The summed E-state index contributed by atoms with van der Waals surface area (Å²) in [7, 11) is 1.60. The van der Waals surface area contributed by atoms with Crippen molar-refractivity contribution in [2.45, 2.75) is 52.7 Å². The summed E-state index contributed by atoms with van der Waals surface area (Å²) >= 11 is 0. The Balaban J connectivity index is 2.35. The van der Waals surface area contributed by atoms with Gasteiger partial charge in [0.1, 0.15) is 0 Å². The molecule has 5 heteroatoms. The van der Waals surface area contributed by atoms with Crippen molar-refractivity contribution in [2.24, 2.45) is 5.41 Å². The average molecular weight is 312 g/mol. The van der Waals surface area contributed by atoms with Crippen LogP contribution in [-0.4, -0.2) is 61.4 Å². The molecule has 0 aromatic heterocycles. The number of nitrogens with one attached hydrogen (secondary N) is 1. The third-order valence-electron chi connectivity index (χ3n) is 4.29. The van der Waals surface area contributed by atoms with Gasteiger partial charge in [0.15, 0.2) is 0 Å². The first-order valence-corrected chi connectivity index (χ1v) is 8.11. The molecule has 0 spiro atoms. The van der Waals surface area contributed by atoms with Crippen molar-refractivity contribution in [3.05, 3.63) is 11.6 Å². The number of aliphatic hydroxyl groups is 1. The van der Waals surface area contributed by atoms with E-state index in [4.69, 9.17) is 4.74 Å². The average Bonchev–Trinajstić information content (AvgIpc) is 2.40. The molecule has 2 N–H and O–H groups in total. The van der Waals surface area contributed by atoms with Gasteiger partial charge in [-0.25, -0.2) is 0 Å². The molecular formula is C17H32N2O3. The highest BCUT2D eigenvalue weighted by Crippen LogP contribution is 2.24. The minimum Gasteiger partial charge on any atom is -0.389 e. The molecular weight excluding hydrogens is 280 g/mol. The van der Waals surface area contributed by atoms with Crippen molar-refractivity contribution in [3.63, 3.8) is 0 Å². The van der Waals surface area contributed by atoms with E-state index >= 15 is 0 Å². The number of carbonyl (C=O) groups is 1. The number of ether oxygens (including phenoxy) is 1. The topological polar surface area (TPSA) is 61.8 Å². The Morgan fingerprint density at radius 1 is 1.41 bits per heavy atom. The number of allylic oxidation sites excluding steroid dienone is 1. The summed E-state index contributed by atoms with van der Waals surface area (Å²) in [5, 5.41) is 12.8. The molecule has 128 valence electrons. The fourth-order valence-electron chi connectivity index (χ4n) is 2.46. The van der Waals surface area contributed by atoms with E-state index in [0.29, 0.717) is 13.2 Å². The molecule has 1 aliphatic rings. The minimum atomic E-state index is -0.437. The number of methoxy groups -OCH3 is 1. The summed E-state index contributed by atoms with van der Waals surface area (Å²) < 4.78 is 4.94. The molecule has 0 saturated carbocycles. The van der Waals surface area contributed by atoms with Crippen LogP contribution in [-0.2, 0) is 9.53 Å². The molecule has 1 heterocycles. The summed E-state index contributed by atoms with van der Waals surface area (Å²) in [4.78, 5) is 14.3. The Hall–Kier alpha value is -0.910. The lowest BCUT2D eigenvalue weighted by Crippen LogP contribution is -2.46. The minimum absolute atomic E-state index is 0.00490. The van der Waals surface area contributed by atoms with Gasteiger partial charge < -0.3 is 20.1 Å². The van der Waals surface area contributed by atoms with E-state index in [2.05, 4.69) is 31.0 Å². The number of hydrogen-bond donors (Lipinski definition) is 2. The molecule has 0 bridgehead atoms. The first-order valence-electron chi connectivity index (χ1n) is 8.11. The van der Waals surface area contributed by atoms with Gasteiger partial charge in [-0.3, -0.25) is 4.79 Å². The second kappa shape index (κ2) is 8.65. The second-order valence-corrected chi connectivity index (χ2v) is 7.27. The number of β-amino-alcohol motifs (C(OH)–C–C–N with tert-alkyl or cyclic N) is 1. The van der Waals surface area contributed by atoms with Gasteiger partial charge in [0, 0.05) is 38.9 Å². The number of carbonyl (C=O) groups excluding carboxylic acids is 1. The lowest BCUT2D eigenvalue weighted by molar-refractivity contribution is -0.117. The van der Waals surface area contributed by atoms with Crippen LogP contribution in [0, 0.1) is 5.41 Å². The van der Waals surface area contributed by atoms with Gasteiger partial charge >= 0.3 is 0 Å². The van der Waals surface area contributed by atoms with Gasteiger partial charge in [-0.05, 0) is 25.2 Å². The zero-order chi connectivity index (χ0) is 16.8. The third kappa shape index (κ3) is 6.90. The zero-order valence-electron chi connectivity index (χ0n) is 14.7. The van der Waals surface area contributed by atoms with Crippen LogP contribution in [0.15, 0.2) is 11.6 Å². The van der Waals surface area contributed by atoms with Gasteiger partial charge in [0.05, 0.1) is 12.7 Å². The Labute approximate surface area is 134 Å². The van der Waals surface area contributed by atoms with Gasteiger partial charge in [-0.1, -0.05) is 26.3 Å². The Morgan fingerprint density at radius 2 is 2.00 bits per heavy atom. The fraction of sp³-hybridized carbons (Fsp3) is 0.824. The second-order valence-electron chi connectivity index (χ2n) is 7.27. The molecule has 0 aliphatic carbocycles. The van der Waals surface area contributed by atoms with Crippen LogP contribution in [0.2, 0.25) is 0 Å². The lowest BCUT2D eigenvalue weighted by Gasteiger charge is -2.33. The number of nitrogens with zero attached hydrogens (tertiary/aromatic N) is 1. The van der Waals surface area contributed by atoms with Crippen molar-refractivity contribution in [2.75, 3.05) is 33.4 Å². The molecule has 0 radical (unpaired) electrons. The fourth-order valence-corrected chi connectivity index (χ4v) is 2.46. The van der Waals surface area contributed by atoms with E-state index in [1.54, 1.807) is 13.2 Å². The van der Waals surface area contributed by atoms with Crippen LogP contribution in [0.1, 0.15) is 40.5 Å². The number of amides is 1. The normalized spacial score (nSPS) is 20.0. The molecule has 1 atom stereocenters. The maximum absolute atomic E-state index is 12.1. The highest BCUT2D eigenvalue weighted by Gasteiger charge is 2.22. The number of likely N-dealkylation sites (tertiary alicyclic amines) is 1. The van der Waals surface area contributed by atoms with Crippen LogP contribution >= 0.6 is 0 Å². The summed E-state index contributed by atoms with van der Waals surface area (Å²) in [5.74, 6) is 0.00490. The predicted octanol–water partition coefficient (Wildman–Crippen LogP) is 1.57. The van der Waals surface area contributed by atoms with Crippen LogP contribution < -0.4 is 5.32 Å². The van der Waals surface area contributed by atoms with Crippen LogP contribution in [0.25, 0.3) is 0 Å². The largest absolute Gasteiger partial charge is 0.389 e. The molecule has 1 unspecified atom stereocenters. The van der Waals surface area contributed by atoms with Gasteiger partial charge in [0.25, 0.3) is 0 Å². The Bertz CT molecular complexity index is 380. The number of piperidine rings is 1. The van der Waals surface area contributed by atoms with Gasteiger partial charge in [0.2, 0.25) is 5.91 Å². The van der Waals surface area contributed by atoms with E-state index in [1.165, 1.54) is 0 Å². The lowest BCUT2D eigenvalue weighted by atomic mass is 9.87. The summed E-state index contributed by atoms with van der Waals surface area (Å²) in [5.41, 5.74) is 1.11. The van der Waals surface area contributed by atoms with Crippen molar-refractivity contribution in [1.82, 2.24) is 10.2 Å². The molecule has 0 aromatic rings. The first-order chi connectivity index (χ1) is 10.2. The molecule has 1 rings (SSSR count). The van der Waals surface area contributed by atoms with E-state index in [1.807, 2.05) is 6.92 Å². The van der Waals surface area contributed by atoms with Crippen LogP contribution in [0.4, 0.5) is 0 Å². The first kappa shape index (κ1) is 19.1. The summed E-state index contributed by atoms with van der Waals surface area (Å²) in [6.45, 7) is 11.1. The smallest absolute Gasteiger partial charge is 0.244 e. The molecule has 5 nitrogen and oxygen atoms in total. The maximum Gasteiger partial charge on any atom is 0.244 e. The van der Waals surface area contributed by atoms with Crippen molar-refractivity contribution < 1.29 is 14.6 Å². The molecule has 22 heavy (non-hydrogen) atoms. The molecule has 1 aliphatic heterocycles. The number of hydrogen-bond acceptors (Lipinski definition) is 4. The third-order valence-corrected chi connectivity index (χ3v) is 4.29. The Kier molecular flexibility index (Phi) is 7.53. The van der Waals surface area contributed by atoms with Crippen LogP contribution in [0.3, 0.4) is 0 Å². The number of rotatable bonds is 6. The summed E-state index contributed by atoms with van der Waals surface area (Å²) in [6.07, 6.45) is 3.13. The number of aliphatic hydroxyl groups excluding tert-OH is 1. The van der Waals surface area contributed by atoms with E-state index in [9.17, 15) is 9.90 Å². The predicted molar refractivity (Wildman–Crippen MR) is 88.7 cm³/mol. The van der Waals surface area contributed by atoms with Gasteiger partial charge in [-0.15, -0.1) is 0 Å². The van der Waals surface area contributed by atoms with E-state index < -0.39 is 6.10 Å². The monoisotopic (exact) mass is 312 g/mol. The quantitative estimate of drug-likeness (QED) is 0.731. The molecule has 1 fully saturated rings. The highest BCUT2D eigenvalue weighted by atomic mass is 16.5. The van der Waals surface area contributed by atoms with E-state index in [0.717, 1.165) is 31.5 Å². The maximum atomic E-state index is 12.1. The summed E-state index contributed by atoms with van der Waals surface area (Å²) in [6, 6.07) is 0.229. The van der Waals surface area contributed by atoms with Crippen molar-refractivity contribution in [1.29, 1.82) is 0 Å². The van der Waals surface area contributed by atoms with Gasteiger partial charge in [-0.2, -0.15) is 0 Å². The zero-order valence-corrected chi connectivity index (χ0v) is 14.7. The van der Waals surface area contributed by atoms with Crippen molar-refractivity contribution >= 4 is 5.91 Å². The Morgan fingerprint density at radius 3 is 2.50 bits per heavy atom. The molecule has 1 amide bonds.